The highest BCUT2D eigenvalue weighted by Crippen LogP contribution is 2.62. The van der Waals surface area contributed by atoms with Crippen molar-refractivity contribution < 1.29 is 0 Å². The molecule has 122 valence electrons. The summed E-state index contributed by atoms with van der Waals surface area (Å²) in [5.41, 5.74) is 0. The zero-order chi connectivity index (χ0) is 15.3. The lowest BCUT2D eigenvalue weighted by atomic mass is 10.3. The summed E-state index contributed by atoms with van der Waals surface area (Å²) < 4.78 is 0. The lowest BCUT2D eigenvalue weighted by Gasteiger charge is -2.09. The molecule has 0 fully saturated rings. The van der Waals surface area contributed by atoms with Crippen molar-refractivity contribution in [3.63, 3.8) is 0 Å². The molecule has 0 radical (unpaired) electrons. The zero-order valence-electron chi connectivity index (χ0n) is 9.86. The van der Waals surface area contributed by atoms with Gasteiger partial charge in [0.2, 0.25) is 0 Å². The molecule has 0 heterocycles. The molecule has 0 amide bonds. The highest BCUT2D eigenvalue weighted by molar-refractivity contribution is 9.56. The molecule has 0 unspecified atom stereocenters. The molecule has 16 heteroatoms. The quantitative estimate of drug-likeness (QED) is 0.120. The molecule has 0 nitrogen and oxygen atoms in total. The van der Waals surface area contributed by atoms with Crippen LogP contribution in [0.3, 0.4) is 0 Å². The maximum Gasteiger partial charge on any atom is 0.0143 e. The average molecular weight is 571 g/mol. The molecule has 0 saturated carbocycles. The van der Waals surface area contributed by atoms with E-state index in [9.17, 15) is 0 Å². The van der Waals surface area contributed by atoms with Crippen molar-refractivity contribution >= 4 is 158 Å². The van der Waals surface area contributed by atoms with E-state index in [-0.39, 0.29) is 0 Å². The van der Waals surface area contributed by atoms with E-state index in [1.165, 1.54) is 9.83 Å². The largest absolute Gasteiger partial charge is 0.0988 e. The Balaban J connectivity index is 3.28. The van der Waals surface area contributed by atoms with Gasteiger partial charge in [0, 0.05) is 5.75 Å². The summed E-state index contributed by atoms with van der Waals surface area (Å²) in [6, 6.07) is 0. The van der Waals surface area contributed by atoms with Crippen molar-refractivity contribution in [3.05, 3.63) is 0 Å². The fourth-order valence-electron chi connectivity index (χ4n) is 0.593. The molecular weight excluding hydrogens is 561 g/mol. The van der Waals surface area contributed by atoms with Gasteiger partial charge in [-0.05, 0) is 152 Å². The van der Waals surface area contributed by atoms with Gasteiger partial charge < -0.3 is 0 Å². The Bertz CT molecular complexity index is 294. The van der Waals surface area contributed by atoms with Gasteiger partial charge in [-0.25, -0.2) is 0 Å². The predicted molar refractivity (Wildman–Crippen MR) is 142 cm³/mol. The number of hydrogen-bond donors (Lipinski definition) is 1. The molecule has 0 aliphatic carbocycles. The molecule has 0 aromatic heterocycles. The Morgan fingerprint density at radius 1 is 0.800 bits per heavy atom. The molecule has 0 spiro atoms. The van der Waals surface area contributed by atoms with Gasteiger partial charge in [0.05, 0.1) is 0 Å². The van der Waals surface area contributed by atoms with Crippen molar-refractivity contribution in [1.29, 1.82) is 0 Å². The van der Waals surface area contributed by atoms with Crippen LogP contribution in [0.4, 0.5) is 0 Å². The standard InChI is InChI=1S/C4H10S16/c1-4(2)3-20(6,7)19-18-17-16-15-14-13-12-11-10-9-8-5/h4-5H,3H2,1-2H3. The van der Waals surface area contributed by atoms with Crippen LogP contribution in [0.5, 0.6) is 0 Å². The molecule has 0 aliphatic heterocycles. The fraction of sp³-hybridized carbons (Fsp3) is 1.00. The SMILES string of the molecule is CC(C)CS(=S)(=S)SSSSSSSSSSSSS. The Morgan fingerprint density at radius 2 is 1.20 bits per heavy atom. The van der Waals surface area contributed by atoms with Crippen LogP contribution in [-0.4, -0.2) is 5.75 Å². The topological polar surface area (TPSA) is 0 Å². The van der Waals surface area contributed by atoms with Crippen LogP contribution in [0.2, 0.25) is 0 Å². The maximum absolute atomic E-state index is 5.47. The number of rotatable bonds is 14. The third-order valence-corrected chi connectivity index (χ3v) is 33.6. The Labute approximate surface area is 180 Å². The highest BCUT2D eigenvalue weighted by atomic mass is 34.0. The second-order valence-electron chi connectivity index (χ2n) is 2.94. The second-order valence-corrected chi connectivity index (χ2v) is 32.8. The van der Waals surface area contributed by atoms with Crippen molar-refractivity contribution in [2.75, 3.05) is 5.75 Å². The maximum atomic E-state index is 5.47. The lowest BCUT2D eigenvalue weighted by molar-refractivity contribution is 0.751. The van der Waals surface area contributed by atoms with Crippen LogP contribution in [0, 0.1) is 5.92 Å². The summed E-state index contributed by atoms with van der Waals surface area (Å²) in [4.78, 5) is 0. The van der Waals surface area contributed by atoms with Gasteiger partial charge >= 0.3 is 0 Å². The molecular formula is C4H10S16. The van der Waals surface area contributed by atoms with Gasteiger partial charge in [-0.1, -0.05) is 25.5 Å². The number of hydrogen-bond acceptors (Lipinski definition) is 15. The van der Waals surface area contributed by atoms with E-state index in [2.05, 4.69) is 25.5 Å². The Kier molecular flexibility index (Phi) is 22.5. The molecule has 0 rings (SSSR count). The summed E-state index contributed by atoms with van der Waals surface area (Å²) in [7, 11) is 20.7. The van der Waals surface area contributed by atoms with Crippen LogP contribution in [0.25, 0.3) is 0 Å². The van der Waals surface area contributed by atoms with E-state index >= 15 is 0 Å². The van der Waals surface area contributed by atoms with E-state index in [4.69, 9.17) is 22.4 Å². The molecule has 0 saturated heterocycles. The van der Waals surface area contributed by atoms with Crippen LogP contribution >= 0.6 is 130 Å². The van der Waals surface area contributed by atoms with Crippen molar-refractivity contribution in [2.45, 2.75) is 13.8 Å². The van der Waals surface area contributed by atoms with Crippen molar-refractivity contribution in [1.82, 2.24) is 0 Å². The van der Waals surface area contributed by atoms with E-state index < -0.39 is 6.18 Å². The first-order chi connectivity index (χ1) is 9.48. The van der Waals surface area contributed by atoms with E-state index in [0.717, 1.165) is 5.75 Å². The second kappa shape index (κ2) is 17.7. The van der Waals surface area contributed by atoms with Gasteiger partial charge in [0.1, 0.15) is 0 Å². The summed E-state index contributed by atoms with van der Waals surface area (Å²) >= 11 is 15.0. The van der Waals surface area contributed by atoms with E-state index in [1.54, 1.807) is 108 Å². The Hall–Kier alpha value is 5.34. The molecule has 0 bridgehead atoms. The minimum atomic E-state index is -1.32. The third kappa shape index (κ3) is 19.7. The minimum absolute atomic E-state index is 0.596. The van der Waals surface area contributed by atoms with Crippen molar-refractivity contribution in [2.24, 2.45) is 5.92 Å². The lowest BCUT2D eigenvalue weighted by Crippen LogP contribution is -2.03. The molecule has 0 aromatic carbocycles. The smallest absolute Gasteiger partial charge is 0.0143 e. The van der Waals surface area contributed by atoms with Gasteiger partial charge in [-0.15, -0.1) is 0 Å². The first-order valence-electron chi connectivity index (χ1n) is 4.37. The molecule has 0 aliphatic rings. The monoisotopic (exact) mass is 570 g/mol. The van der Waals surface area contributed by atoms with Crippen LogP contribution in [-0.2, 0) is 28.6 Å². The fourth-order valence-corrected chi connectivity index (χ4v) is 39.3. The number of thiol groups is 1. The van der Waals surface area contributed by atoms with Crippen molar-refractivity contribution in [3.8, 4) is 0 Å². The van der Waals surface area contributed by atoms with Crippen LogP contribution < -0.4 is 0 Å². The van der Waals surface area contributed by atoms with Gasteiger partial charge in [0.15, 0.2) is 0 Å². The molecule has 20 heavy (non-hydrogen) atoms. The summed E-state index contributed by atoms with van der Waals surface area (Å²) in [6.45, 7) is 4.36. The summed E-state index contributed by atoms with van der Waals surface area (Å²) in [5, 5.41) is 0. The van der Waals surface area contributed by atoms with Crippen LogP contribution in [0.1, 0.15) is 13.8 Å². The van der Waals surface area contributed by atoms with Gasteiger partial charge in [0.25, 0.3) is 0 Å². The summed E-state index contributed by atoms with van der Waals surface area (Å²) in [5.74, 6) is 1.57. The summed E-state index contributed by atoms with van der Waals surface area (Å²) in [6.07, 6.45) is -1.32. The van der Waals surface area contributed by atoms with E-state index in [1.807, 2.05) is 0 Å². The molecule has 0 N–H and O–H groups in total. The normalized spacial score (nSPS) is 12.2. The molecule has 0 aromatic rings. The zero-order valence-corrected chi connectivity index (χ0v) is 23.0. The highest BCUT2D eigenvalue weighted by Gasteiger charge is 2.07. The van der Waals surface area contributed by atoms with Gasteiger partial charge in [-0.3, -0.25) is 0 Å². The predicted octanol–water partition coefficient (Wildman–Crippen LogP) is 9.34. The minimum Gasteiger partial charge on any atom is -0.0988 e. The average Bonchev–Trinajstić information content (AvgIpc) is 2.34. The van der Waals surface area contributed by atoms with Crippen LogP contribution in [0.15, 0.2) is 0 Å². The first kappa shape index (κ1) is 25.3. The first-order valence-corrected chi connectivity index (χ1v) is 25.1. The Morgan fingerprint density at radius 3 is 1.60 bits per heavy atom. The molecule has 0 atom stereocenters. The third-order valence-electron chi connectivity index (χ3n) is 0.949. The van der Waals surface area contributed by atoms with E-state index in [0.29, 0.717) is 5.92 Å². The van der Waals surface area contributed by atoms with Gasteiger partial charge in [-0.2, -0.15) is 0 Å².